The van der Waals surface area contributed by atoms with E-state index in [-0.39, 0.29) is 29.0 Å². The number of aliphatic hydroxyl groups excluding tert-OH is 1. The van der Waals surface area contributed by atoms with E-state index in [1.54, 1.807) is 12.1 Å². The van der Waals surface area contributed by atoms with Gasteiger partial charge >= 0.3 is 5.97 Å². The van der Waals surface area contributed by atoms with E-state index in [0.29, 0.717) is 31.2 Å². The van der Waals surface area contributed by atoms with Crippen molar-refractivity contribution in [3.63, 3.8) is 0 Å². The van der Waals surface area contributed by atoms with Crippen LogP contribution < -0.4 is 0 Å². The molecule has 5 rings (SSSR count). The SMILES string of the molecule is CCN(CC)Cc1ccc(C(=O)OCC(=O)[C@@]2(O)CCC3C4CCC5=CC(=O)CCC5(C)C4C(O)CC32C)cc1. The summed E-state index contributed by atoms with van der Waals surface area (Å²) in [4.78, 5) is 40.7. The van der Waals surface area contributed by atoms with Crippen LogP contribution in [0.15, 0.2) is 35.9 Å². The summed E-state index contributed by atoms with van der Waals surface area (Å²) in [5.41, 5.74) is -0.0467. The molecule has 7 atom stereocenters. The van der Waals surface area contributed by atoms with E-state index < -0.39 is 35.5 Å². The number of Topliss-reactive ketones (excluding diaryl/α,β-unsaturated/α-hetero) is 1. The van der Waals surface area contributed by atoms with Crippen LogP contribution >= 0.6 is 0 Å². The zero-order chi connectivity index (χ0) is 28.9. The molecule has 4 aliphatic carbocycles. The Morgan fingerprint density at radius 2 is 1.75 bits per heavy atom. The summed E-state index contributed by atoms with van der Waals surface area (Å²) in [6, 6.07) is 7.24. The van der Waals surface area contributed by atoms with Gasteiger partial charge < -0.3 is 14.9 Å². The fourth-order valence-electron chi connectivity index (χ4n) is 8.94. The molecule has 7 heteroatoms. The molecule has 0 heterocycles. The average molecular weight is 552 g/mol. The fraction of sp³-hybridized carbons (Fsp3) is 0.667. The summed E-state index contributed by atoms with van der Waals surface area (Å²) in [5, 5.41) is 23.4. The molecule has 3 saturated carbocycles. The number of esters is 1. The van der Waals surface area contributed by atoms with E-state index in [9.17, 15) is 24.6 Å². The van der Waals surface area contributed by atoms with E-state index in [1.807, 2.05) is 25.1 Å². The topological polar surface area (TPSA) is 104 Å². The van der Waals surface area contributed by atoms with Crippen molar-refractivity contribution >= 4 is 17.5 Å². The number of ether oxygens (including phenoxy) is 1. The lowest BCUT2D eigenvalue weighted by atomic mass is 9.45. The number of fused-ring (bicyclic) bond motifs is 5. The largest absolute Gasteiger partial charge is 0.454 e. The van der Waals surface area contributed by atoms with Gasteiger partial charge in [-0.05, 0) is 98.6 Å². The van der Waals surface area contributed by atoms with Crippen LogP contribution in [0.3, 0.4) is 0 Å². The van der Waals surface area contributed by atoms with Crippen LogP contribution in [-0.4, -0.2) is 64.1 Å². The monoisotopic (exact) mass is 551 g/mol. The number of carbonyl (C=O) groups excluding carboxylic acids is 3. The lowest BCUT2D eigenvalue weighted by molar-refractivity contribution is -0.182. The molecule has 0 aromatic heterocycles. The molecule has 218 valence electrons. The molecule has 40 heavy (non-hydrogen) atoms. The summed E-state index contributed by atoms with van der Waals surface area (Å²) >= 11 is 0. The Morgan fingerprint density at radius 1 is 1.05 bits per heavy atom. The third-order valence-electron chi connectivity index (χ3n) is 11.3. The van der Waals surface area contributed by atoms with Crippen molar-refractivity contribution in [3.8, 4) is 0 Å². The van der Waals surface area contributed by atoms with Crippen LogP contribution in [0.1, 0.15) is 88.6 Å². The summed E-state index contributed by atoms with van der Waals surface area (Å²) in [7, 11) is 0. The lowest BCUT2D eigenvalue weighted by Gasteiger charge is -2.60. The zero-order valence-electron chi connectivity index (χ0n) is 24.4. The van der Waals surface area contributed by atoms with Crippen LogP contribution in [0.4, 0.5) is 0 Å². The van der Waals surface area contributed by atoms with E-state index in [1.165, 1.54) is 0 Å². The smallest absolute Gasteiger partial charge is 0.338 e. The maximum Gasteiger partial charge on any atom is 0.338 e. The van der Waals surface area contributed by atoms with E-state index >= 15 is 0 Å². The first kappa shape index (κ1) is 29.2. The third-order valence-corrected chi connectivity index (χ3v) is 11.3. The molecule has 0 radical (unpaired) electrons. The molecule has 0 aliphatic heterocycles. The molecule has 0 bridgehead atoms. The van der Waals surface area contributed by atoms with Gasteiger partial charge in [0.25, 0.3) is 0 Å². The Labute approximate surface area is 238 Å². The fourth-order valence-corrected chi connectivity index (χ4v) is 8.94. The highest BCUT2D eigenvalue weighted by molar-refractivity contribution is 5.94. The first-order valence-electron chi connectivity index (χ1n) is 15.1. The number of ketones is 2. The van der Waals surface area contributed by atoms with Crippen LogP contribution in [0.5, 0.6) is 0 Å². The van der Waals surface area contributed by atoms with E-state index in [0.717, 1.165) is 50.0 Å². The first-order chi connectivity index (χ1) is 19.0. The Hall–Kier alpha value is -2.35. The second-order valence-electron chi connectivity index (χ2n) is 13.1. The van der Waals surface area contributed by atoms with Crippen molar-refractivity contribution in [2.45, 2.75) is 90.9 Å². The Balaban J connectivity index is 1.27. The van der Waals surface area contributed by atoms with Crippen molar-refractivity contribution in [1.29, 1.82) is 0 Å². The summed E-state index contributed by atoms with van der Waals surface area (Å²) in [6.45, 7) is 10.6. The molecular formula is C33H45NO6. The number of hydrogen-bond acceptors (Lipinski definition) is 7. The van der Waals surface area contributed by atoms with Crippen LogP contribution in [0.25, 0.3) is 0 Å². The van der Waals surface area contributed by atoms with Crippen LogP contribution in [-0.2, 0) is 20.9 Å². The van der Waals surface area contributed by atoms with Crippen LogP contribution in [0, 0.1) is 28.6 Å². The minimum Gasteiger partial charge on any atom is -0.454 e. The van der Waals surface area contributed by atoms with Gasteiger partial charge in [-0.25, -0.2) is 4.79 Å². The highest BCUT2D eigenvalue weighted by Gasteiger charge is 2.68. The predicted octanol–water partition coefficient (Wildman–Crippen LogP) is 4.49. The van der Waals surface area contributed by atoms with Gasteiger partial charge in [-0.3, -0.25) is 14.5 Å². The molecular weight excluding hydrogens is 506 g/mol. The number of benzene rings is 1. The van der Waals surface area contributed by atoms with Gasteiger partial charge in [-0.15, -0.1) is 0 Å². The standard InChI is InChI=1S/C33H45NO6/c1-5-34(6-2)19-21-7-9-22(10-8-21)30(38)40-20-28(37)33(39)16-14-26-25-12-11-23-17-24(35)13-15-31(23,3)29(25)27(36)18-32(26,33)4/h7-10,17,25-27,29,36,39H,5-6,11-16,18-20H2,1-4H3/t25?,26?,27?,29?,31?,32?,33-/m0/s1. The van der Waals surface area contributed by atoms with Gasteiger partial charge in [0.1, 0.15) is 5.60 Å². The van der Waals surface area contributed by atoms with Gasteiger partial charge in [-0.2, -0.15) is 0 Å². The summed E-state index contributed by atoms with van der Waals surface area (Å²) < 4.78 is 5.42. The van der Waals surface area contributed by atoms with Gasteiger partial charge in [0.05, 0.1) is 11.7 Å². The van der Waals surface area contributed by atoms with Crippen molar-refractivity contribution in [2.24, 2.45) is 28.6 Å². The number of carbonyl (C=O) groups is 3. The Kier molecular flexibility index (Phi) is 7.88. The molecule has 0 amide bonds. The maximum atomic E-state index is 13.5. The molecule has 2 N–H and O–H groups in total. The molecule has 4 aliphatic rings. The number of aliphatic hydroxyl groups is 2. The van der Waals surface area contributed by atoms with Crippen molar-refractivity contribution in [3.05, 3.63) is 47.0 Å². The molecule has 3 fully saturated rings. The number of hydrogen-bond donors (Lipinski definition) is 2. The van der Waals surface area contributed by atoms with Crippen molar-refractivity contribution < 1.29 is 29.3 Å². The Morgan fingerprint density at radius 3 is 2.42 bits per heavy atom. The molecule has 1 aromatic carbocycles. The molecule has 7 nitrogen and oxygen atoms in total. The summed E-state index contributed by atoms with van der Waals surface area (Å²) in [6.07, 6.45) is 5.37. The molecule has 0 saturated heterocycles. The lowest BCUT2D eigenvalue weighted by Crippen LogP contribution is -2.62. The van der Waals surface area contributed by atoms with Crippen LogP contribution in [0.2, 0.25) is 0 Å². The quantitative estimate of drug-likeness (QED) is 0.459. The van der Waals surface area contributed by atoms with Gasteiger partial charge in [0, 0.05) is 18.4 Å². The number of allylic oxidation sites excluding steroid dienone is 1. The second-order valence-corrected chi connectivity index (χ2v) is 13.1. The molecule has 0 spiro atoms. The minimum atomic E-state index is -1.66. The minimum absolute atomic E-state index is 0.0126. The number of rotatable bonds is 8. The van der Waals surface area contributed by atoms with E-state index in [2.05, 4.69) is 25.7 Å². The van der Waals surface area contributed by atoms with Crippen molar-refractivity contribution in [2.75, 3.05) is 19.7 Å². The zero-order valence-corrected chi connectivity index (χ0v) is 24.4. The van der Waals surface area contributed by atoms with Gasteiger partial charge in [-0.1, -0.05) is 45.4 Å². The van der Waals surface area contributed by atoms with Crippen molar-refractivity contribution in [1.82, 2.24) is 4.90 Å². The maximum absolute atomic E-state index is 13.5. The first-order valence-corrected chi connectivity index (χ1v) is 15.1. The van der Waals surface area contributed by atoms with Gasteiger partial charge in [0.15, 0.2) is 12.4 Å². The van der Waals surface area contributed by atoms with E-state index in [4.69, 9.17) is 4.74 Å². The number of nitrogens with zero attached hydrogens (tertiary/aromatic N) is 1. The average Bonchev–Trinajstić information content (AvgIpc) is 3.21. The highest BCUT2D eigenvalue weighted by atomic mass is 16.5. The van der Waals surface area contributed by atoms with Gasteiger partial charge in [0.2, 0.25) is 5.78 Å². The Bertz CT molecular complexity index is 1190. The summed E-state index contributed by atoms with van der Waals surface area (Å²) in [5.74, 6) is -0.629. The third kappa shape index (κ3) is 4.68. The highest BCUT2D eigenvalue weighted by Crippen LogP contribution is 2.67. The predicted molar refractivity (Wildman–Crippen MR) is 151 cm³/mol. The molecule has 6 unspecified atom stereocenters. The molecule has 1 aromatic rings. The second kappa shape index (κ2) is 10.8. The normalized spacial score (nSPS) is 36.9.